The van der Waals surface area contributed by atoms with Crippen molar-refractivity contribution in [2.24, 2.45) is 11.8 Å². The fourth-order valence-corrected chi connectivity index (χ4v) is 2.82. The fourth-order valence-electron chi connectivity index (χ4n) is 2.82. The third-order valence-electron chi connectivity index (χ3n) is 4.40. The number of alkyl halides is 2. The summed E-state index contributed by atoms with van der Waals surface area (Å²) in [7, 11) is 0. The maximum Gasteiger partial charge on any atom is 0.315 e. The molecule has 2 atom stereocenters. The van der Waals surface area contributed by atoms with Crippen molar-refractivity contribution in [2.75, 3.05) is 6.61 Å². The van der Waals surface area contributed by atoms with Crippen LogP contribution in [-0.2, 0) is 9.53 Å². The molecule has 0 amide bonds. The van der Waals surface area contributed by atoms with Crippen molar-refractivity contribution in [3.8, 4) is 0 Å². The van der Waals surface area contributed by atoms with Gasteiger partial charge in [-0.1, -0.05) is 81.5 Å². The van der Waals surface area contributed by atoms with E-state index in [1.807, 2.05) is 30.3 Å². The number of esters is 1. The van der Waals surface area contributed by atoms with E-state index in [-0.39, 0.29) is 6.61 Å². The highest BCUT2D eigenvalue weighted by atomic mass is 19.3. The minimum absolute atomic E-state index is 0.243. The molecule has 0 heterocycles. The van der Waals surface area contributed by atoms with Crippen LogP contribution >= 0.6 is 0 Å². The maximum absolute atomic E-state index is 13.8. The first-order chi connectivity index (χ1) is 11.6. The zero-order valence-corrected chi connectivity index (χ0v) is 14.2. The number of carbonyl (C=O) groups excluding carboxylic acids is 1. The summed E-state index contributed by atoms with van der Waals surface area (Å²) in [6, 6.07) is 9.23. The molecule has 1 aliphatic rings. The van der Waals surface area contributed by atoms with Gasteiger partial charge >= 0.3 is 5.97 Å². The molecule has 2 rings (SSSR count). The molecule has 0 radical (unpaired) electrons. The van der Waals surface area contributed by atoms with E-state index in [2.05, 4.69) is 6.92 Å². The molecule has 1 aliphatic carbocycles. The number of hydrogen-bond donors (Lipinski definition) is 0. The summed E-state index contributed by atoms with van der Waals surface area (Å²) < 4.78 is 32.6. The average Bonchev–Trinajstić information content (AvgIpc) is 3.14. The predicted octanol–water partition coefficient (Wildman–Crippen LogP) is 5.48. The van der Waals surface area contributed by atoms with Gasteiger partial charge in [-0.05, 0) is 12.0 Å². The van der Waals surface area contributed by atoms with Crippen LogP contribution in [0.15, 0.2) is 36.4 Å². The molecule has 1 saturated carbocycles. The Bertz CT molecular complexity index is 540. The molecule has 0 aliphatic heterocycles. The Kier molecular flexibility index (Phi) is 6.95. The highest BCUT2D eigenvalue weighted by Crippen LogP contribution is 2.56. The topological polar surface area (TPSA) is 26.3 Å². The van der Waals surface area contributed by atoms with Crippen molar-refractivity contribution < 1.29 is 18.3 Å². The monoisotopic (exact) mass is 336 g/mol. The minimum atomic E-state index is -2.98. The summed E-state index contributed by atoms with van der Waals surface area (Å²) >= 11 is 0. The number of carbonyl (C=O) groups is 1. The Balaban J connectivity index is 1.71. The van der Waals surface area contributed by atoms with Crippen molar-refractivity contribution in [3.05, 3.63) is 42.0 Å². The first-order valence-electron chi connectivity index (χ1n) is 8.85. The minimum Gasteiger partial charge on any atom is -0.465 e. The van der Waals surface area contributed by atoms with Gasteiger partial charge in [-0.2, -0.15) is 0 Å². The quantitative estimate of drug-likeness (QED) is 0.417. The lowest BCUT2D eigenvalue weighted by atomic mass is 10.1. The molecule has 0 spiro atoms. The summed E-state index contributed by atoms with van der Waals surface area (Å²) in [5.41, 5.74) is 0.847. The number of ether oxygens (including phenoxy) is 1. The Labute approximate surface area is 142 Å². The second kappa shape index (κ2) is 8.95. The van der Waals surface area contributed by atoms with E-state index in [1.165, 1.54) is 25.3 Å². The van der Waals surface area contributed by atoms with Crippen LogP contribution in [0.2, 0.25) is 0 Å². The van der Waals surface area contributed by atoms with Crippen LogP contribution in [0.1, 0.15) is 51.0 Å². The van der Waals surface area contributed by atoms with Crippen molar-refractivity contribution in [1.29, 1.82) is 0 Å². The van der Waals surface area contributed by atoms with Crippen LogP contribution in [0.5, 0.6) is 0 Å². The number of allylic oxidation sites excluding steroid dienone is 1. The predicted molar refractivity (Wildman–Crippen MR) is 91.7 cm³/mol. The lowest BCUT2D eigenvalue weighted by Crippen LogP contribution is -2.12. The smallest absolute Gasteiger partial charge is 0.315 e. The molecule has 0 bridgehead atoms. The maximum atomic E-state index is 13.8. The van der Waals surface area contributed by atoms with E-state index in [4.69, 9.17) is 4.74 Å². The zero-order valence-electron chi connectivity index (χ0n) is 14.2. The Morgan fingerprint density at radius 2 is 1.79 bits per heavy atom. The Morgan fingerprint density at radius 3 is 2.50 bits per heavy atom. The Hall–Kier alpha value is -1.71. The lowest BCUT2D eigenvalue weighted by Gasteiger charge is -2.04. The van der Waals surface area contributed by atoms with Crippen LogP contribution in [0.25, 0.3) is 6.08 Å². The van der Waals surface area contributed by atoms with E-state index in [0.717, 1.165) is 24.8 Å². The van der Waals surface area contributed by atoms with E-state index >= 15 is 0 Å². The van der Waals surface area contributed by atoms with Gasteiger partial charge in [0.1, 0.15) is 5.92 Å². The largest absolute Gasteiger partial charge is 0.465 e. The molecule has 4 heteroatoms. The summed E-state index contributed by atoms with van der Waals surface area (Å²) in [5.74, 6) is -6.12. The molecule has 2 unspecified atom stereocenters. The van der Waals surface area contributed by atoms with Gasteiger partial charge in [0.25, 0.3) is 5.92 Å². The van der Waals surface area contributed by atoms with Crippen LogP contribution in [-0.4, -0.2) is 18.5 Å². The summed E-state index contributed by atoms with van der Waals surface area (Å²) in [6.45, 7) is 2.40. The molecule has 0 aromatic heterocycles. The highest BCUT2D eigenvalue weighted by molar-refractivity contribution is 5.79. The average molecular weight is 336 g/mol. The van der Waals surface area contributed by atoms with Crippen LogP contribution < -0.4 is 0 Å². The number of rotatable bonds is 10. The van der Waals surface area contributed by atoms with E-state index in [9.17, 15) is 13.6 Å². The first-order valence-corrected chi connectivity index (χ1v) is 8.85. The van der Waals surface area contributed by atoms with Gasteiger partial charge < -0.3 is 4.74 Å². The third kappa shape index (κ3) is 5.15. The van der Waals surface area contributed by atoms with Crippen molar-refractivity contribution >= 4 is 12.0 Å². The second-order valence-corrected chi connectivity index (χ2v) is 6.38. The molecular formula is C20H26F2O2. The fraction of sp³-hybridized carbons (Fsp3) is 0.550. The van der Waals surface area contributed by atoms with Crippen molar-refractivity contribution in [3.63, 3.8) is 0 Å². The molecule has 0 N–H and O–H groups in total. The molecule has 24 heavy (non-hydrogen) atoms. The van der Waals surface area contributed by atoms with E-state index in [1.54, 1.807) is 6.08 Å². The standard InChI is InChI=1S/C20H26F2O2/c1-2-3-4-5-6-10-15-24-19(23)18-17(20(18,21)22)14-13-16-11-8-7-9-12-16/h7-9,11-14,17-18H,2-6,10,15H2,1H3/b14-13+. The SMILES string of the molecule is CCCCCCCCOC(=O)C1C(/C=C/c2ccccc2)C1(F)F. The van der Waals surface area contributed by atoms with Gasteiger partial charge in [0.05, 0.1) is 12.5 Å². The molecule has 1 aromatic carbocycles. The summed E-state index contributed by atoms with van der Waals surface area (Å²) in [4.78, 5) is 11.8. The van der Waals surface area contributed by atoms with Crippen molar-refractivity contribution in [1.82, 2.24) is 0 Å². The van der Waals surface area contributed by atoms with Gasteiger partial charge in [-0.3, -0.25) is 4.79 Å². The molecule has 132 valence electrons. The highest BCUT2D eigenvalue weighted by Gasteiger charge is 2.71. The second-order valence-electron chi connectivity index (χ2n) is 6.38. The Morgan fingerprint density at radius 1 is 1.12 bits per heavy atom. The van der Waals surface area contributed by atoms with Gasteiger partial charge in [0.15, 0.2) is 0 Å². The first kappa shape index (κ1) is 18.6. The normalized spacial score (nSPS) is 21.8. The van der Waals surface area contributed by atoms with Gasteiger partial charge in [0, 0.05) is 0 Å². The van der Waals surface area contributed by atoms with Gasteiger partial charge in [-0.15, -0.1) is 0 Å². The summed E-state index contributed by atoms with van der Waals surface area (Å²) in [6.07, 6.45) is 9.47. The van der Waals surface area contributed by atoms with Gasteiger partial charge in [0.2, 0.25) is 0 Å². The molecule has 1 fully saturated rings. The van der Waals surface area contributed by atoms with Gasteiger partial charge in [-0.25, -0.2) is 8.78 Å². The molecule has 1 aromatic rings. The van der Waals surface area contributed by atoms with Crippen LogP contribution in [0.4, 0.5) is 8.78 Å². The number of unbranched alkanes of at least 4 members (excludes halogenated alkanes) is 5. The number of halogens is 2. The zero-order chi connectivity index (χ0) is 17.4. The van der Waals surface area contributed by atoms with Crippen LogP contribution in [0.3, 0.4) is 0 Å². The van der Waals surface area contributed by atoms with E-state index in [0.29, 0.717) is 0 Å². The molecule has 0 saturated heterocycles. The molecular weight excluding hydrogens is 310 g/mol. The van der Waals surface area contributed by atoms with Crippen LogP contribution in [0, 0.1) is 11.8 Å². The lowest BCUT2D eigenvalue weighted by molar-refractivity contribution is -0.147. The number of benzene rings is 1. The third-order valence-corrected chi connectivity index (χ3v) is 4.40. The molecule has 2 nitrogen and oxygen atoms in total. The van der Waals surface area contributed by atoms with E-state index < -0.39 is 23.7 Å². The number of hydrogen-bond acceptors (Lipinski definition) is 2. The van der Waals surface area contributed by atoms with Crippen molar-refractivity contribution in [2.45, 2.75) is 51.4 Å². The summed E-state index contributed by atoms with van der Waals surface area (Å²) in [5, 5.41) is 0.